The molecule has 0 N–H and O–H groups in total. The third kappa shape index (κ3) is 5.83. The second-order valence-electron chi connectivity index (χ2n) is 14.9. The van der Waals surface area contributed by atoms with E-state index in [0.29, 0.717) is 11.1 Å². The lowest BCUT2D eigenvalue weighted by atomic mass is 9.35. The maximum atomic E-state index is 10.5. The number of rotatable bonds is 8. The van der Waals surface area contributed by atoms with E-state index in [9.17, 15) is 10.5 Å². The summed E-state index contributed by atoms with van der Waals surface area (Å²) in [6.45, 7) is -0.167. The lowest BCUT2D eigenvalue weighted by Gasteiger charge is -2.26. The van der Waals surface area contributed by atoms with E-state index in [4.69, 9.17) is 0 Å². The molecular formula is C54H34B2N2. The van der Waals surface area contributed by atoms with E-state index >= 15 is 0 Å². The molecule has 58 heavy (non-hydrogen) atoms. The number of hydrogen-bond acceptors (Lipinski definition) is 2. The summed E-state index contributed by atoms with van der Waals surface area (Å²) in [7, 11) is 0. The van der Waals surface area contributed by atoms with Crippen LogP contribution in [0.3, 0.4) is 0 Å². The molecule has 10 aromatic carbocycles. The van der Waals surface area contributed by atoms with Crippen LogP contribution in [0.1, 0.15) is 11.1 Å². The Morgan fingerprint density at radius 3 is 0.914 bits per heavy atom. The van der Waals surface area contributed by atoms with Gasteiger partial charge >= 0.3 is 0 Å². The van der Waals surface area contributed by atoms with Crippen LogP contribution in [0.15, 0.2) is 206 Å². The van der Waals surface area contributed by atoms with Gasteiger partial charge in [0.2, 0.25) is 13.4 Å². The number of hydrogen-bond donors (Lipinski definition) is 0. The average molecular weight is 733 g/mol. The first-order chi connectivity index (χ1) is 28.7. The first-order valence-electron chi connectivity index (χ1n) is 19.7. The molecule has 2 nitrogen and oxygen atoms in total. The van der Waals surface area contributed by atoms with Crippen molar-refractivity contribution in [2.45, 2.75) is 0 Å². The molecule has 10 aromatic rings. The smallest absolute Gasteiger partial charge is 0.192 e. The van der Waals surface area contributed by atoms with Gasteiger partial charge in [0, 0.05) is 11.1 Å². The van der Waals surface area contributed by atoms with Gasteiger partial charge in [0.05, 0.1) is 23.3 Å². The van der Waals surface area contributed by atoms with Gasteiger partial charge in [0.25, 0.3) is 0 Å². The minimum absolute atomic E-state index is 0.0837. The Balaban J connectivity index is 1.42. The summed E-state index contributed by atoms with van der Waals surface area (Å²) in [6.07, 6.45) is 0. The van der Waals surface area contributed by atoms with Gasteiger partial charge in [-0.1, -0.05) is 227 Å². The highest BCUT2D eigenvalue weighted by molar-refractivity contribution is 6.98. The van der Waals surface area contributed by atoms with Gasteiger partial charge in [0.1, 0.15) is 0 Å². The topological polar surface area (TPSA) is 47.6 Å². The summed E-state index contributed by atoms with van der Waals surface area (Å²) in [6, 6.07) is 77.7. The van der Waals surface area contributed by atoms with E-state index in [0.717, 1.165) is 54.6 Å². The van der Waals surface area contributed by atoms with Gasteiger partial charge in [-0.3, -0.25) is 0 Å². The number of nitriles is 2. The molecular weight excluding hydrogens is 698 g/mol. The van der Waals surface area contributed by atoms with E-state index in [1.807, 2.05) is 36.4 Å². The molecule has 0 fully saturated rings. The van der Waals surface area contributed by atoms with Gasteiger partial charge < -0.3 is 0 Å². The first kappa shape index (κ1) is 34.8. The van der Waals surface area contributed by atoms with E-state index in [1.165, 1.54) is 32.8 Å². The number of benzene rings is 10. The molecule has 0 bridgehead atoms. The summed E-state index contributed by atoms with van der Waals surface area (Å²) in [5.74, 6) is 0. The van der Waals surface area contributed by atoms with Gasteiger partial charge in [0.15, 0.2) is 0 Å². The summed E-state index contributed by atoms with van der Waals surface area (Å²) in [5, 5.41) is 27.8. The molecule has 0 heterocycles. The predicted octanol–water partition coefficient (Wildman–Crippen LogP) is 8.69. The molecule has 0 amide bonds. The van der Waals surface area contributed by atoms with Crippen LogP contribution < -0.4 is 32.8 Å². The lowest BCUT2D eigenvalue weighted by Crippen LogP contribution is -2.52. The minimum atomic E-state index is -0.0837. The monoisotopic (exact) mass is 732 g/mol. The van der Waals surface area contributed by atoms with Gasteiger partial charge in [-0.2, -0.15) is 10.5 Å². The fourth-order valence-corrected chi connectivity index (χ4v) is 9.29. The molecule has 0 aliphatic carbocycles. The molecule has 0 saturated carbocycles. The maximum Gasteiger partial charge on any atom is 0.242 e. The zero-order chi connectivity index (χ0) is 39.0. The van der Waals surface area contributed by atoms with Crippen LogP contribution in [0.25, 0.3) is 54.6 Å². The van der Waals surface area contributed by atoms with Crippen molar-refractivity contribution in [1.82, 2.24) is 0 Å². The Bertz CT molecular complexity index is 2890. The van der Waals surface area contributed by atoms with Crippen molar-refractivity contribution in [3.05, 3.63) is 217 Å². The Morgan fingerprint density at radius 1 is 0.293 bits per heavy atom. The average Bonchev–Trinajstić information content (AvgIpc) is 3.30. The van der Waals surface area contributed by atoms with E-state index in [-0.39, 0.29) is 13.4 Å². The lowest BCUT2D eigenvalue weighted by molar-refractivity contribution is 1.48. The van der Waals surface area contributed by atoms with Crippen molar-refractivity contribution in [1.29, 1.82) is 10.5 Å². The summed E-state index contributed by atoms with van der Waals surface area (Å²) in [5.41, 5.74) is 12.3. The molecule has 0 saturated heterocycles. The molecule has 4 heteroatoms. The molecule has 10 rings (SSSR count). The SMILES string of the molecule is N#Cc1ccccc1-c1cc(B(c2ccccc2)c2ccccc2)c2ccc3c(-c4ccccc4C#N)cc(B(c4ccccc4)c4ccccc4)c4ccc1c2c43. The zero-order valence-electron chi connectivity index (χ0n) is 31.7. The van der Waals surface area contributed by atoms with Crippen LogP contribution in [0.4, 0.5) is 0 Å². The van der Waals surface area contributed by atoms with Crippen LogP contribution in [-0.4, -0.2) is 13.4 Å². The summed E-state index contributed by atoms with van der Waals surface area (Å²) in [4.78, 5) is 0. The third-order valence-electron chi connectivity index (χ3n) is 11.8. The van der Waals surface area contributed by atoms with Crippen molar-refractivity contribution in [2.75, 3.05) is 0 Å². The zero-order valence-corrected chi connectivity index (χ0v) is 31.7. The fraction of sp³-hybridized carbons (Fsp3) is 0. The molecule has 0 atom stereocenters. The van der Waals surface area contributed by atoms with E-state index in [1.54, 1.807) is 0 Å². The number of nitrogens with zero attached hydrogens (tertiary/aromatic N) is 2. The molecule has 266 valence electrons. The molecule has 0 unspecified atom stereocenters. The standard InChI is InChI=1S/C54H34B2N2/c57-35-37-17-13-15-27-43(37)49-33-51(55(39-19-5-1-6-20-39)40-21-7-2-8-22-40)47-31-29-46-50(44-28-16-14-18-38(44)36-58)34-52(48-32-30-45(49)53(47)54(46)48)56(41-23-9-3-10-24-41)42-25-11-4-12-26-42/h1-34H. The highest BCUT2D eigenvalue weighted by atomic mass is 14.3. The molecule has 0 aromatic heterocycles. The van der Waals surface area contributed by atoms with Crippen molar-refractivity contribution in [3.63, 3.8) is 0 Å². The second kappa shape index (κ2) is 14.8. The van der Waals surface area contributed by atoms with Gasteiger partial charge in [-0.25, -0.2) is 0 Å². The van der Waals surface area contributed by atoms with Crippen molar-refractivity contribution >= 4 is 78.5 Å². The molecule has 0 aliphatic heterocycles. The summed E-state index contributed by atoms with van der Waals surface area (Å²) < 4.78 is 0. The predicted molar refractivity (Wildman–Crippen MR) is 246 cm³/mol. The van der Waals surface area contributed by atoms with E-state index < -0.39 is 0 Å². The largest absolute Gasteiger partial charge is 0.242 e. The van der Waals surface area contributed by atoms with Crippen molar-refractivity contribution in [2.24, 2.45) is 0 Å². The van der Waals surface area contributed by atoms with E-state index in [2.05, 4.69) is 182 Å². The third-order valence-corrected chi connectivity index (χ3v) is 11.8. The van der Waals surface area contributed by atoms with Gasteiger partial charge in [-0.05, 0) is 55.6 Å². The second-order valence-corrected chi connectivity index (χ2v) is 14.9. The fourth-order valence-electron chi connectivity index (χ4n) is 9.29. The van der Waals surface area contributed by atoms with Crippen LogP contribution in [0.5, 0.6) is 0 Å². The van der Waals surface area contributed by atoms with Crippen LogP contribution in [0.2, 0.25) is 0 Å². The highest BCUT2D eigenvalue weighted by Crippen LogP contribution is 2.42. The van der Waals surface area contributed by atoms with Gasteiger partial charge in [-0.15, -0.1) is 0 Å². The molecule has 0 radical (unpaired) electrons. The molecule has 0 spiro atoms. The Morgan fingerprint density at radius 2 is 0.586 bits per heavy atom. The van der Waals surface area contributed by atoms with Crippen LogP contribution in [-0.2, 0) is 0 Å². The maximum absolute atomic E-state index is 10.5. The highest BCUT2D eigenvalue weighted by Gasteiger charge is 2.30. The quantitative estimate of drug-likeness (QED) is 0.116. The molecule has 0 aliphatic rings. The van der Waals surface area contributed by atoms with Crippen molar-refractivity contribution < 1.29 is 0 Å². The summed E-state index contributed by atoms with van der Waals surface area (Å²) >= 11 is 0. The van der Waals surface area contributed by atoms with Crippen LogP contribution in [0, 0.1) is 22.7 Å². The van der Waals surface area contributed by atoms with Crippen LogP contribution >= 0.6 is 0 Å². The Labute approximate surface area is 339 Å². The minimum Gasteiger partial charge on any atom is -0.192 e. The Kier molecular flexibility index (Phi) is 8.87. The van der Waals surface area contributed by atoms with Crippen molar-refractivity contribution in [3.8, 4) is 34.4 Å². The Hall–Kier alpha value is -7.65. The normalized spacial score (nSPS) is 11.1. The first-order valence-corrected chi connectivity index (χ1v) is 19.7.